The second-order valence-corrected chi connectivity index (χ2v) is 7.66. The minimum absolute atomic E-state index is 0.692. The molecule has 4 heteroatoms. The van der Waals surface area contributed by atoms with Gasteiger partial charge in [-0.3, -0.25) is 4.99 Å². The number of hydrogen-bond acceptors (Lipinski definition) is 4. The Labute approximate surface area is 189 Å². The molecule has 0 unspecified atom stereocenters. The van der Waals surface area contributed by atoms with E-state index in [0.717, 1.165) is 58.1 Å². The molecule has 0 spiro atoms. The first-order chi connectivity index (χ1) is 14.8. The van der Waals surface area contributed by atoms with Gasteiger partial charge in [0.25, 0.3) is 0 Å². The minimum atomic E-state index is 0.692. The molecule has 0 atom stereocenters. The van der Waals surface area contributed by atoms with Crippen molar-refractivity contribution < 1.29 is 0 Å². The summed E-state index contributed by atoms with van der Waals surface area (Å²) in [6, 6.07) is 8.35. The van der Waals surface area contributed by atoms with Crippen molar-refractivity contribution in [1.82, 2.24) is 10.2 Å². The van der Waals surface area contributed by atoms with E-state index in [9.17, 15) is 0 Å². The zero-order chi connectivity index (χ0) is 23.4. The molecule has 0 amide bonds. The van der Waals surface area contributed by atoms with Crippen LogP contribution in [0.4, 0.5) is 0 Å². The van der Waals surface area contributed by atoms with Crippen LogP contribution in [0, 0.1) is 0 Å². The van der Waals surface area contributed by atoms with Crippen LogP contribution in [0.1, 0.15) is 44.7 Å². The molecule has 4 nitrogen and oxygen atoms in total. The van der Waals surface area contributed by atoms with Gasteiger partial charge in [0, 0.05) is 57.3 Å². The summed E-state index contributed by atoms with van der Waals surface area (Å²) in [6.45, 7) is 19.2. The van der Waals surface area contributed by atoms with E-state index in [0.29, 0.717) is 6.42 Å². The van der Waals surface area contributed by atoms with Gasteiger partial charge in [-0.2, -0.15) is 0 Å². The molecule has 0 fully saturated rings. The van der Waals surface area contributed by atoms with Gasteiger partial charge in [0.1, 0.15) is 5.82 Å². The molecule has 0 radical (unpaired) electrons. The number of hydrogen-bond donors (Lipinski definition) is 1. The summed E-state index contributed by atoms with van der Waals surface area (Å²) >= 11 is 0. The first-order valence-corrected chi connectivity index (χ1v) is 10.6. The van der Waals surface area contributed by atoms with Crippen LogP contribution in [0.2, 0.25) is 0 Å². The normalized spacial score (nSPS) is 13.4. The fraction of sp³-hybridized carbons (Fsp3) is 0.333. The van der Waals surface area contributed by atoms with E-state index < -0.39 is 0 Å². The van der Waals surface area contributed by atoms with Crippen molar-refractivity contribution >= 4 is 17.0 Å². The first kappa shape index (κ1) is 25.9. The predicted molar refractivity (Wildman–Crippen MR) is 139 cm³/mol. The van der Waals surface area contributed by atoms with Gasteiger partial charge in [0.2, 0.25) is 0 Å². The van der Waals surface area contributed by atoms with Crippen LogP contribution in [0.25, 0.3) is 5.57 Å². The third-order valence-corrected chi connectivity index (χ3v) is 4.74. The lowest BCUT2D eigenvalue weighted by atomic mass is 10.0. The van der Waals surface area contributed by atoms with Crippen LogP contribution < -0.4 is 5.32 Å². The van der Waals surface area contributed by atoms with Crippen LogP contribution >= 0.6 is 0 Å². The van der Waals surface area contributed by atoms with Gasteiger partial charge in [-0.1, -0.05) is 57.0 Å². The first-order valence-electron chi connectivity index (χ1n) is 10.6. The highest BCUT2D eigenvalue weighted by Gasteiger charge is 2.10. The molecule has 0 aliphatic carbocycles. The largest absolute Gasteiger partial charge is 0.383 e. The number of rotatable bonds is 12. The summed E-state index contributed by atoms with van der Waals surface area (Å²) in [5, 5.41) is 3.45. The van der Waals surface area contributed by atoms with Crippen LogP contribution in [-0.4, -0.2) is 44.0 Å². The second kappa shape index (κ2) is 13.2. The summed E-state index contributed by atoms with van der Waals surface area (Å²) in [4.78, 5) is 11.2. The fourth-order valence-electron chi connectivity index (χ4n) is 3.01. The van der Waals surface area contributed by atoms with Gasteiger partial charge in [-0.15, -0.1) is 0 Å². The van der Waals surface area contributed by atoms with E-state index in [1.54, 1.807) is 7.05 Å². The highest BCUT2D eigenvalue weighted by atomic mass is 15.0. The Morgan fingerprint density at radius 2 is 1.81 bits per heavy atom. The van der Waals surface area contributed by atoms with E-state index in [1.165, 1.54) is 0 Å². The van der Waals surface area contributed by atoms with Gasteiger partial charge in [0.15, 0.2) is 0 Å². The number of allylic oxidation sites excluding steroid dienone is 5. The lowest BCUT2D eigenvalue weighted by Crippen LogP contribution is -2.17. The standard InChI is InChI=1S/C27H38N4/c1-10-16-29-27(26(12-3)20(4)17-21(5)28-7)30-22(6)24-14-13-15-25(18-24)23(11-2)19-31(8)9/h11-15,18-19,29H,2-4,10,16-17H2,1,5-9H3/b23-19+,27-26+,28-21-,30-22+. The maximum absolute atomic E-state index is 4.95. The zero-order valence-electron chi connectivity index (χ0n) is 20.1. The molecule has 0 heterocycles. The van der Waals surface area contributed by atoms with Crippen LogP contribution in [0.3, 0.4) is 0 Å². The highest BCUT2D eigenvalue weighted by Crippen LogP contribution is 2.21. The zero-order valence-corrected chi connectivity index (χ0v) is 20.1. The molecule has 0 aliphatic heterocycles. The Bertz CT molecular complexity index is 911. The smallest absolute Gasteiger partial charge is 0.133 e. The molecule has 0 aromatic heterocycles. The maximum Gasteiger partial charge on any atom is 0.133 e. The van der Waals surface area contributed by atoms with Crippen molar-refractivity contribution in [2.24, 2.45) is 9.98 Å². The van der Waals surface area contributed by atoms with Gasteiger partial charge < -0.3 is 10.2 Å². The number of benzene rings is 1. The molecule has 31 heavy (non-hydrogen) atoms. The molecule has 1 aromatic rings. The third-order valence-electron chi connectivity index (χ3n) is 4.74. The van der Waals surface area contributed by atoms with Gasteiger partial charge in [-0.05, 0) is 48.6 Å². The van der Waals surface area contributed by atoms with Crippen molar-refractivity contribution in [2.45, 2.75) is 33.6 Å². The molecular formula is C27H38N4. The Morgan fingerprint density at radius 3 is 2.35 bits per heavy atom. The SMILES string of the molecule is C=C/C(=C\N(C)C)c1cccc(/C(C)=N/C(NCCC)=C(\C=C)C(=C)C/C(C)=N\C)c1. The summed E-state index contributed by atoms with van der Waals surface area (Å²) < 4.78 is 0. The van der Waals surface area contributed by atoms with E-state index >= 15 is 0 Å². The second-order valence-electron chi connectivity index (χ2n) is 7.66. The summed E-state index contributed by atoms with van der Waals surface area (Å²) in [5.41, 5.74) is 7.04. The van der Waals surface area contributed by atoms with Crippen molar-refractivity contribution in [3.63, 3.8) is 0 Å². The summed E-state index contributed by atoms with van der Waals surface area (Å²) in [6.07, 6.45) is 7.45. The Morgan fingerprint density at radius 1 is 1.13 bits per heavy atom. The van der Waals surface area contributed by atoms with Gasteiger partial charge in [-0.25, -0.2) is 4.99 Å². The molecule has 0 saturated heterocycles. The molecule has 0 aliphatic rings. The number of aliphatic imine (C=N–C) groups is 2. The average Bonchev–Trinajstić information content (AvgIpc) is 2.75. The van der Waals surface area contributed by atoms with Gasteiger partial charge in [0.05, 0.1) is 0 Å². The Balaban J connectivity index is 3.45. The minimum Gasteiger partial charge on any atom is -0.383 e. The molecule has 1 N–H and O–H groups in total. The van der Waals surface area contributed by atoms with Crippen molar-refractivity contribution in [2.75, 3.05) is 27.7 Å². The van der Waals surface area contributed by atoms with E-state index in [1.807, 2.05) is 51.1 Å². The summed E-state index contributed by atoms with van der Waals surface area (Å²) in [5.74, 6) is 0.793. The fourth-order valence-corrected chi connectivity index (χ4v) is 3.01. The van der Waals surface area contributed by atoms with Crippen molar-refractivity contribution in [3.05, 3.63) is 90.4 Å². The molecular weight excluding hydrogens is 380 g/mol. The predicted octanol–water partition coefficient (Wildman–Crippen LogP) is 6.02. The number of nitrogens with zero attached hydrogens (tertiary/aromatic N) is 3. The van der Waals surface area contributed by atoms with Crippen molar-refractivity contribution in [3.8, 4) is 0 Å². The quantitative estimate of drug-likeness (QED) is 0.333. The molecule has 1 rings (SSSR count). The summed E-state index contributed by atoms with van der Waals surface area (Å²) in [7, 11) is 5.81. The lowest BCUT2D eigenvalue weighted by Gasteiger charge is -2.15. The van der Waals surface area contributed by atoms with Crippen LogP contribution in [-0.2, 0) is 0 Å². The average molecular weight is 419 g/mol. The number of nitrogens with one attached hydrogen (secondary N) is 1. The monoisotopic (exact) mass is 418 g/mol. The van der Waals surface area contributed by atoms with Crippen LogP contribution in [0.15, 0.2) is 89.3 Å². The van der Waals surface area contributed by atoms with E-state index in [2.05, 4.69) is 61.4 Å². The molecule has 166 valence electrons. The van der Waals surface area contributed by atoms with E-state index in [4.69, 9.17) is 4.99 Å². The third kappa shape index (κ3) is 8.25. The lowest BCUT2D eigenvalue weighted by molar-refractivity contribution is 0.566. The van der Waals surface area contributed by atoms with Gasteiger partial charge >= 0.3 is 0 Å². The Kier molecular flexibility index (Phi) is 11.0. The van der Waals surface area contributed by atoms with Crippen LogP contribution in [0.5, 0.6) is 0 Å². The topological polar surface area (TPSA) is 40.0 Å². The Hall–Kier alpha value is -3.14. The van der Waals surface area contributed by atoms with Crippen molar-refractivity contribution in [1.29, 1.82) is 0 Å². The molecule has 0 bridgehead atoms. The maximum atomic E-state index is 4.95. The molecule has 0 saturated carbocycles. The van der Waals surface area contributed by atoms with E-state index in [-0.39, 0.29) is 0 Å². The highest BCUT2D eigenvalue weighted by molar-refractivity contribution is 6.00. The molecule has 1 aromatic carbocycles.